The summed E-state index contributed by atoms with van der Waals surface area (Å²) >= 11 is 1.64. The van der Waals surface area contributed by atoms with Crippen LogP contribution < -0.4 is 15.6 Å². The number of aromatic nitrogens is 2. The molecular weight excluding hydrogens is 362 g/mol. The second-order valence-corrected chi connectivity index (χ2v) is 7.74. The summed E-state index contributed by atoms with van der Waals surface area (Å²) in [4.78, 5) is 31.7. The van der Waals surface area contributed by atoms with Gasteiger partial charge in [0.05, 0.1) is 18.8 Å². The quantitative estimate of drug-likeness (QED) is 0.733. The number of thiophene rings is 1. The lowest BCUT2D eigenvalue weighted by molar-refractivity contribution is -0.116. The van der Waals surface area contributed by atoms with E-state index < -0.39 is 0 Å². The van der Waals surface area contributed by atoms with Crippen molar-refractivity contribution in [2.45, 2.75) is 38.6 Å². The lowest BCUT2D eigenvalue weighted by atomic mass is 9.97. The lowest BCUT2D eigenvalue weighted by Crippen LogP contribution is -2.24. The van der Waals surface area contributed by atoms with Crippen LogP contribution in [0.25, 0.3) is 10.2 Å². The van der Waals surface area contributed by atoms with E-state index in [1.165, 1.54) is 16.9 Å². The zero-order valence-corrected chi connectivity index (χ0v) is 16.0. The second-order valence-electron chi connectivity index (χ2n) is 6.66. The molecule has 2 heterocycles. The van der Waals surface area contributed by atoms with Gasteiger partial charge in [0.15, 0.2) is 0 Å². The molecule has 0 aliphatic heterocycles. The summed E-state index contributed by atoms with van der Waals surface area (Å²) in [6.07, 6.45) is 6.07. The Kier molecular flexibility index (Phi) is 4.94. The first-order valence-electron chi connectivity index (χ1n) is 9.09. The first kappa shape index (κ1) is 17.7. The van der Waals surface area contributed by atoms with E-state index in [0.29, 0.717) is 12.2 Å². The Labute approximate surface area is 160 Å². The number of nitrogens with zero attached hydrogens (tertiary/aromatic N) is 2. The van der Waals surface area contributed by atoms with Crippen LogP contribution in [0.5, 0.6) is 5.75 Å². The molecule has 0 bridgehead atoms. The van der Waals surface area contributed by atoms with Crippen molar-refractivity contribution in [1.82, 2.24) is 9.55 Å². The van der Waals surface area contributed by atoms with E-state index >= 15 is 0 Å². The molecule has 0 unspecified atom stereocenters. The molecule has 7 heteroatoms. The number of nitrogens with one attached hydrogen (secondary N) is 1. The highest BCUT2D eigenvalue weighted by Gasteiger charge is 2.20. The summed E-state index contributed by atoms with van der Waals surface area (Å²) in [6, 6.07) is 7.15. The fraction of sp³-hybridized carbons (Fsp3) is 0.350. The minimum Gasteiger partial charge on any atom is -0.497 e. The zero-order chi connectivity index (χ0) is 18.8. The highest BCUT2D eigenvalue weighted by atomic mass is 32.1. The van der Waals surface area contributed by atoms with Gasteiger partial charge in [-0.25, -0.2) is 4.98 Å². The van der Waals surface area contributed by atoms with Crippen LogP contribution in [0.15, 0.2) is 35.4 Å². The van der Waals surface area contributed by atoms with Crippen LogP contribution in [0.3, 0.4) is 0 Å². The highest BCUT2D eigenvalue weighted by Crippen LogP contribution is 2.33. The van der Waals surface area contributed by atoms with Crippen molar-refractivity contribution in [2.24, 2.45) is 0 Å². The number of carbonyl (C=O) groups is 1. The molecule has 4 rings (SSSR count). The summed E-state index contributed by atoms with van der Waals surface area (Å²) in [6.45, 7) is 0.314. The predicted octanol–water partition coefficient (Wildman–Crippen LogP) is 3.37. The van der Waals surface area contributed by atoms with Gasteiger partial charge in [0.1, 0.15) is 10.6 Å². The van der Waals surface area contributed by atoms with Crippen LogP contribution in [-0.4, -0.2) is 22.6 Å². The van der Waals surface area contributed by atoms with E-state index in [4.69, 9.17) is 4.74 Å². The minimum atomic E-state index is -0.139. The molecule has 0 atom stereocenters. The van der Waals surface area contributed by atoms with E-state index in [0.717, 1.165) is 35.2 Å². The van der Waals surface area contributed by atoms with Gasteiger partial charge in [-0.3, -0.25) is 14.2 Å². The average Bonchev–Trinajstić information content (AvgIpc) is 3.07. The molecule has 6 nitrogen and oxygen atoms in total. The van der Waals surface area contributed by atoms with E-state index in [9.17, 15) is 9.59 Å². The van der Waals surface area contributed by atoms with Crippen LogP contribution in [0, 0.1) is 0 Å². The SMILES string of the molecule is COc1ccc(NC(=O)CCn2cnc3sc4c(c3c2=O)CCCC4)cc1. The number of benzene rings is 1. The maximum atomic E-state index is 12.9. The number of carbonyl (C=O) groups excluding carboxylic acids is 1. The number of ether oxygens (including phenoxy) is 1. The zero-order valence-electron chi connectivity index (χ0n) is 15.2. The van der Waals surface area contributed by atoms with E-state index in [2.05, 4.69) is 10.3 Å². The van der Waals surface area contributed by atoms with Gasteiger partial charge in [-0.05, 0) is 55.5 Å². The molecule has 1 aromatic carbocycles. The third-order valence-corrected chi connectivity index (χ3v) is 6.10. The molecule has 27 heavy (non-hydrogen) atoms. The van der Waals surface area contributed by atoms with Crippen LogP contribution in [0.1, 0.15) is 29.7 Å². The first-order chi connectivity index (χ1) is 13.2. The van der Waals surface area contributed by atoms with Crippen LogP contribution in [-0.2, 0) is 24.2 Å². The van der Waals surface area contributed by atoms with E-state index in [1.54, 1.807) is 53.6 Å². The van der Waals surface area contributed by atoms with Crippen molar-refractivity contribution < 1.29 is 9.53 Å². The largest absolute Gasteiger partial charge is 0.497 e. The van der Waals surface area contributed by atoms with Crippen molar-refractivity contribution in [3.05, 3.63) is 51.4 Å². The molecule has 0 fully saturated rings. The second kappa shape index (κ2) is 7.52. The van der Waals surface area contributed by atoms with Crippen LogP contribution in [0.4, 0.5) is 5.69 Å². The van der Waals surface area contributed by atoms with Crippen molar-refractivity contribution in [2.75, 3.05) is 12.4 Å². The molecule has 0 saturated heterocycles. The molecule has 140 valence electrons. The number of hydrogen-bond acceptors (Lipinski definition) is 5. The van der Waals surface area contributed by atoms with Gasteiger partial charge >= 0.3 is 0 Å². The fourth-order valence-electron chi connectivity index (χ4n) is 3.46. The predicted molar refractivity (Wildman–Crippen MR) is 107 cm³/mol. The Morgan fingerprint density at radius 2 is 2.04 bits per heavy atom. The third kappa shape index (κ3) is 3.60. The number of aryl methyl sites for hydroxylation is 3. The molecule has 1 amide bonds. The monoisotopic (exact) mass is 383 g/mol. The molecule has 1 N–H and O–H groups in total. The number of amides is 1. The van der Waals surface area contributed by atoms with Gasteiger partial charge in [0, 0.05) is 23.5 Å². The Balaban J connectivity index is 1.47. The van der Waals surface area contributed by atoms with Crippen LogP contribution in [0.2, 0.25) is 0 Å². The number of methoxy groups -OCH3 is 1. The molecule has 1 aliphatic rings. The smallest absolute Gasteiger partial charge is 0.262 e. The summed E-state index contributed by atoms with van der Waals surface area (Å²) in [5.41, 5.74) is 1.85. The van der Waals surface area contributed by atoms with Gasteiger partial charge < -0.3 is 10.1 Å². The van der Waals surface area contributed by atoms with Crippen molar-refractivity contribution in [3.63, 3.8) is 0 Å². The van der Waals surface area contributed by atoms with E-state index in [-0.39, 0.29) is 17.9 Å². The van der Waals surface area contributed by atoms with Crippen LogP contribution >= 0.6 is 11.3 Å². The maximum Gasteiger partial charge on any atom is 0.262 e. The first-order valence-corrected chi connectivity index (χ1v) is 9.91. The Bertz CT molecular complexity index is 1040. The number of hydrogen-bond donors (Lipinski definition) is 1. The molecule has 0 radical (unpaired) electrons. The minimum absolute atomic E-state index is 0.0309. The van der Waals surface area contributed by atoms with Crippen molar-refractivity contribution in [3.8, 4) is 5.75 Å². The molecule has 0 spiro atoms. The average molecular weight is 383 g/mol. The van der Waals surface area contributed by atoms with Crippen molar-refractivity contribution >= 4 is 33.1 Å². The van der Waals surface area contributed by atoms with E-state index in [1.807, 2.05) is 0 Å². The summed E-state index contributed by atoms with van der Waals surface area (Å²) < 4.78 is 6.66. The molecule has 1 aliphatic carbocycles. The Morgan fingerprint density at radius 3 is 2.81 bits per heavy atom. The summed E-state index contributed by atoms with van der Waals surface area (Å²) in [5, 5.41) is 3.59. The highest BCUT2D eigenvalue weighted by molar-refractivity contribution is 7.18. The third-order valence-electron chi connectivity index (χ3n) is 4.90. The Hall–Kier alpha value is -2.67. The van der Waals surface area contributed by atoms with Gasteiger partial charge in [-0.1, -0.05) is 0 Å². The number of fused-ring (bicyclic) bond motifs is 3. The molecular formula is C20H21N3O3S. The molecule has 2 aromatic heterocycles. The van der Waals surface area contributed by atoms with Gasteiger partial charge in [-0.2, -0.15) is 0 Å². The topological polar surface area (TPSA) is 73.2 Å². The number of anilines is 1. The number of rotatable bonds is 5. The van der Waals surface area contributed by atoms with Gasteiger partial charge in [0.2, 0.25) is 5.91 Å². The molecule has 0 saturated carbocycles. The molecule has 3 aromatic rings. The van der Waals surface area contributed by atoms with Crippen molar-refractivity contribution in [1.29, 1.82) is 0 Å². The lowest BCUT2D eigenvalue weighted by Gasteiger charge is -2.10. The summed E-state index contributed by atoms with van der Waals surface area (Å²) in [7, 11) is 1.60. The Morgan fingerprint density at radius 1 is 1.26 bits per heavy atom. The van der Waals surface area contributed by atoms with Gasteiger partial charge in [0.25, 0.3) is 5.56 Å². The summed E-state index contributed by atoms with van der Waals surface area (Å²) in [5.74, 6) is 0.595. The normalized spacial score (nSPS) is 13.4. The maximum absolute atomic E-state index is 12.9. The fourth-order valence-corrected chi connectivity index (χ4v) is 4.68. The standard InChI is InChI=1S/C20H21N3O3S/c1-26-14-8-6-13(7-9-14)22-17(24)10-11-23-12-21-19-18(20(23)25)15-4-2-3-5-16(15)27-19/h6-9,12H,2-5,10-11H2,1H3,(H,22,24). The van der Waals surface area contributed by atoms with Gasteiger partial charge in [-0.15, -0.1) is 11.3 Å².